The minimum absolute atomic E-state index is 0.380. The van der Waals surface area contributed by atoms with Gasteiger partial charge in [-0.1, -0.05) is 12.1 Å². The highest BCUT2D eigenvalue weighted by atomic mass is 16.5. The number of nitrogen functional groups attached to an aromatic ring is 1. The lowest BCUT2D eigenvalue weighted by Crippen LogP contribution is -1.95. The van der Waals surface area contributed by atoms with Gasteiger partial charge >= 0.3 is 0 Å². The van der Waals surface area contributed by atoms with Crippen molar-refractivity contribution in [2.45, 2.75) is 13.3 Å². The third-order valence-corrected chi connectivity index (χ3v) is 2.21. The molecule has 0 saturated heterocycles. The Labute approximate surface area is 81.5 Å². The van der Waals surface area contributed by atoms with Crippen LogP contribution in [0.3, 0.4) is 0 Å². The molecular formula is C9H12N4O. The van der Waals surface area contributed by atoms with Crippen LogP contribution in [0.25, 0.3) is 11.5 Å². The van der Waals surface area contributed by atoms with E-state index < -0.39 is 0 Å². The number of nitrogens with zero attached hydrogens (tertiary/aromatic N) is 3. The summed E-state index contributed by atoms with van der Waals surface area (Å²) in [6.07, 6.45) is 4.37. The van der Waals surface area contributed by atoms with Gasteiger partial charge in [0.05, 0.1) is 0 Å². The van der Waals surface area contributed by atoms with E-state index in [1.807, 2.05) is 24.7 Å². The zero-order valence-electron chi connectivity index (χ0n) is 8.19. The molecule has 0 unspecified atom stereocenters. The molecule has 14 heavy (non-hydrogen) atoms. The van der Waals surface area contributed by atoms with Gasteiger partial charge in [-0.25, -0.2) is 4.98 Å². The first kappa shape index (κ1) is 8.80. The number of nitrogens with two attached hydrogens (primary N) is 1. The van der Waals surface area contributed by atoms with Crippen LogP contribution in [0.1, 0.15) is 12.5 Å². The van der Waals surface area contributed by atoms with E-state index in [1.165, 1.54) is 0 Å². The molecular weight excluding hydrogens is 180 g/mol. The van der Waals surface area contributed by atoms with Crippen LogP contribution in [-0.2, 0) is 13.5 Å². The number of rotatable bonds is 2. The van der Waals surface area contributed by atoms with Gasteiger partial charge in [-0.2, -0.15) is 0 Å². The van der Waals surface area contributed by atoms with Crippen molar-refractivity contribution in [2.75, 3.05) is 5.73 Å². The minimum Gasteiger partial charge on any atom is -0.367 e. The molecule has 2 N–H and O–H groups in total. The highest BCUT2D eigenvalue weighted by Gasteiger charge is 2.16. The molecule has 5 nitrogen and oxygen atoms in total. The Hall–Kier alpha value is -1.78. The summed E-state index contributed by atoms with van der Waals surface area (Å²) >= 11 is 0. The summed E-state index contributed by atoms with van der Waals surface area (Å²) in [7, 11) is 1.91. The Kier molecular flexibility index (Phi) is 1.99. The average Bonchev–Trinajstić information content (AvgIpc) is 2.71. The highest BCUT2D eigenvalue weighted by Crippen LogP contribution is 2.25. The molecule has 0 aliphatic heterocycles. The van der Waals surface area contributed by atoms with Crippen molar-refractivity contribution in [1.29, 1.82) is 0 Å². The first-order valence-electron chi connectivity index (χ1n) is 4.45. The van der Waals surface area contributed by atoms with Crippen LogP contribution in [0, 0.1) is 0 Å². The molecule has 0 amide bonds. The Bertz CT molecular complexity index is 443. The van der Waals surface area contributed by atoms with Gasteiger partial charge < -0.3 is 14.8 Å². The second-order valence-corrected chi connectivity index (χ2v) is 3.09. The van der Waals surface area contributed by atoms with E-state index in [4.69, 9.17) is 10.3 Å². The first-order valence-corrected chi connectivity index (χ1v) is 4.45. The standard InChI is InChI=1S/C9H12N4O/c1-3-6-7(12-14-8(6)10)9-11-4-5-13(9)2/h4-5H,3,10H2,1-2H3. The van der Waals surface area contributed by atoms with Crippen molar-refractivity contribution in [1.82, 2.24) is 14.7 Å². The molecule has 2 heterocycles. The van der Waals surface area contributed by atoms with Gasteiger partial charge in [-0.05, 0) is 6.42 Å². The topological polar surface area (TPSA) is 69.9 Å². The average molecular weight is 192 g/mol. The molecule has 74 valence electrons. The predicted molar refractivity (Wildman–Crippen MR) is 52.5 cm³/mol. The van der Waals surface area contributed by atoms with Crippen LogP contribution in [0.15, 0.2) is 16.9 Å². The van der Waals surface area contributed by atoms with Gasteiger partial charge in [0.2, 0.25) is 5.88 Å². The van der Waals surface area contributed by atoms with Gasteiger partial charge in [0, 0.05) is 25.0 Å². The van der Waals surface area contributed by atoms with E-state index in [1.54, 1.807) is 6.20 Å². The van der Waals surface area contributed by atoms with Crippen LogP contribution in [0.5, 0.6) is 0 Å². The van der Waals surface area contributed by atoms with Crippen molar-refractivity contribution in [3.8, 4) is 11.5 Å². The molecule has 2 aromatic rings. The Balaban J connectivity index is 2.57. The summed E-state index contributed by atoms with van der Waals surface area (Å²) in [5, 5.41) is 3.91. The number of hydrogen-bond acceptors (Lipinski definition) is 4. The minimum atomic E-state index is 0.380. The fraction of sp³-hybridized carbons (Fsp3) is 0.333. The molecule has 0 bridgehead atoms. The normalized spacial score (nSPS) is 10.7. The zero-order chi connectivity index (χ0) is 10.1. The van der Waals surface area contributed by atoms with Gasteiger partial charge in [-0.15, -0.1) is 0 Å². The summed E-state index contributed by atoms with van der Waals surface area (Å²) in [4.78, 5) is 4.19. The van der Waals surface area contributed by atoms with Crippen molar-refractivity contribution in [2.24, 2.45) is 7.05 Å². The lowest BCUT2D eigenvalue weighted by atomic mass is 10.2. The molecule has 5 heteroatoms. The third-order valence-electron chi connectivity index (χ3n) is 2.21. The van der Waals surface area contributed by atoms with Crippen LogP contribution < -0.4 is 5.73 Å². The third kappa shape index (κ3) is 1.17. The van der Waals surface area contributed by atoms with E-state index in [0.29, 0.717) is 5.88 Å². The molecule has 0 atom stereocenters. The molecule has 0 saturated carbocycles. The molecule has 0 radical (unpaired) electrons. The quantitative estimate of drug-likeness (QED) is 0.776. The molecule has 0 fully saturated rings. The molecule has 2 rings (SSSR count). The zero-order valence-corrected chi connectivity index (χ0v) is 8.19. The second-order valence-electron chi connectivity index (χ2n) is 3.09. The molecule has 0 aliphatic carbocycles. The number of hydrogen-bond donors (Lipinski definition) is 1. The summed E-state index contributed by atoms with van der Waals surface area (Å²) in [6, 6.07) is 0. The summed E-state index contributed by atoms with van der Waals surface area (Å²) in [5.74, 6) is 1.16. The maximum atomic E-state index is 5.64. The maximum Gasteiger partial charge on any atom is 0.226 e. The summed E-state index contributed by atoms with van der Waals surface area (Å²) in [5.41, 5.74) is 7.29. The second kappa shape index (κ2) is 3.17. The van der Waals surface area contributed by atoms with Crippen LogP contribution in [-0.4, -0.2) is 14.7 Å². The van der Waals surface area contributed by atoms with Gasteiger partial charge in [0.1, 0.15) is 0 Å². The summed E-state index contributed by atoms with van der Waals surface area (Å²) in [6.45, 7) is 2.01. The highest BCUT2D eigenvalue weighted by molar-refractivity contribution is 5.60. The van der Waals surface area contributed by atoms with Gasteiger partial charge in [0.15, 0.2) is 11.5 Å². The monoisotopic (exact) mass is 192 g/mol. The van der Waals surface area contributed by atoms with Crippen molar-refractivity contribution in [3.05, 3.63) is 18.0 Å². The van der Waals surface area contributed by atoms with Crippen LogP contribution in [0.2, 0.25) is 0 Å². The first-order chi connectivity index (χ1) is 6.74. The van der Waals surface area contributed by atoms with Crippen molar-refractivity contribution < 1.29 is 4.52 Å². The Morgan fingerprint density at radius 2 is 2.36 bits per heavy atom. The number of aryl methyl sites for hydroxylation is 1. The fourth-order valence-electron chi connectivity index (χ4n) is 1.43. The molecule has 2 aromatic heterocycles. The fourth-order valence-corrected chi connectivity index (χ4v) is 1.43. The van der Waals surface area contributed by atoms with E-state index in [0.717, 1.165) is 23.5 Å². The van der Waals surface area contributed by atoms with Crippen molar-refractivity contribution >= 4 is 5.88 Å². The number of anilines is 1. The Morgan fingerprint density at radius 3 is 2.93 bits per heavy atom. The Morgan fingerprint density at radius 1 is 1.57 bits per heavy atom. The van der Waals surface area contributed by atoms with E-state index >= 15 is 0 Å². The van der Waals surface area contributed by atoms with E-state index in [9.17, 15) is 0 Å². The number of aromatic nitrogens is 3. The number of imidazole rings is 1. The largest absolute Gasteiger partial charge is 0.367 e. The maximum absolute atomic E-state index is 5.64. The predicted octanol–water partition coefficient (Wildman–Crippen LogP) is 1.22. The lowest BCUT2D eigenvalue weighted by molar-refractivity contribution is 0.438. The van der Waals surface area contributed by atoms with Crippen LogP contribution >= 0.6 is 0 Å². The lowest BCUT2D eigenvalue weighted by Gasteiger charge is -1.98. The van der Waals surface area contributed by atoms with Gasteiger partial charge in [0.25, 0.3) is 0 Å². The molecule has 0 aromatic carbocycles. The molecule has 0 spiro atoms. The summed E-state index contributed by atoms with van der Waals surface area (Å²) < 4.78 is 6.83. The smallest absolute Gasteiger partial charge is 0.226 e. The van der Waals surface area contributed by atoms with Crippen LogP contribution in [0.4, 0.5) is 5.88 Å². The van der Waals surface area contributed by atoms with E-state index in [-0.39, 0.29) is 0 Å². The van der Waals surface area contributed by atoms with Gasteiger partial charge in [-0.3, -0.25) is 0 Å². The van der Waals surface area contributed by atoms with Crippen molar-refractivity contribution in [3.63, 3.8) is 0 Å². The SMILES string of the molecule is CCc1c(-c2nccn2C)noc1N. The van der Waals surface area contributed by atoms with E-state index in [2.05, 4.69) is 10.1 Å². The molecule has 0 aliphatic rings.